The van der Waals surface area contributed by atoms with Crippen LogP contribution in [0.5, 0.6) is 0 Å². The number of para-hydroxylation sites is 2. The van der Waals surface area contributed by atoms with E-state index in [1.165, 1.54) is 0 Å². The van der Waals surface area contributed by atoms with E-state index in [0.29, 0.717) is 22.0 Å². The maximum Gasteiger partial charge on any atom is 0.263 e. The summed E-state index contributed by atoms with van der Waals surface area (Å²) < 4.78 is 0. The van der Waals surface area contributed by atoms with Gasteiger partial charge in [-0.1, -0.05) is 55.1 Å². The second-order valence-electron chi connectivity index (χ2n) is 8.49. The third-order valence-electron chi connectivity index (χ3n) is 6.26. The Kier molecular flexibility index (Phi) is 7.15. The number of nitriles is 2. The van der Waals surface area contributed by atoms with Gasteiger partial charge in [0.2, 0.25) is 0 Å². The number of nitrogens with zero attached hydrogens (tertiary/aromatic N) is 2. The van der Waals surface area contributed by atoms with Crippen LogP contribution in [0, 0.1) is 28.6 Å². The Balaban J connectivity index is 1.89. The molecule has 1 atom stereocenters. The van der Waals surface area contributed by atoms with E-state index in [2.05, 4.69) is 28.1 Å². The zero-order chi connectivity index (χ0) is 24.1. The molecule has 3 N–H and O–H groups in total. The molecule has 7 nitrogen and oxygen atoms in total. The molecule has 8 heteroatoms. The van der Waals surface area contributed by atoms with Crippen molar-refractivity contribution in [1.29, 1.82) is 10.5 Å². The van der Waals surface area contributed by atoms with E-state index in [1.54, 1.807) is 48.5 Å². The van der Waals surface area contributed by atoms with Crippen molar-refractivity contribution < 1.29 is 9.59 Å². The molecule has 0 spiro atoms. The van der Waals surface area contributed by atoms with Gasteiger partial charge in [0.05, 0.1) is 29.4 Å². The van der Waals surface area contributed by atoms with E-state index in [0.717, 1.165) is 32.1 Å². The van der Waals surface area contributed by atoms with Crippen LogP contribution in [0.1, 0.15) is 43.6 Å². The van der Waals surface area contributed by atoms with Crippen LogP contribution in [0.3, 0.4) is 0 Å². The minimum atomic E-state index is -1.13. The van der Waals surface area contributed by atoms with Gasteiger partial charge in [0.1, 0.15) is 11.5 Å². The Labute approximate surface area is 203 Å². The first kappa shape index (κ1) is 23.4. The lowest BCUT2D eigenvalue weighted by atomic mass is 9.81. The highest BCUT2D eigenvalue weighted by molar-refractivity contribution is 6.30. The van der Waals surface area contributed by atoms with Crippen LogP contribution in [0.4, 0.5) is 11.4 Å². The van der Waals surface area contributed by atoms with Crippen LogP contribution in [0.15, 0.2) is 59.8 Å². The Bertz CT molecular complexity index is 1150. The van der Waals surface area contributed by atoms with Crippen LogP contribution >= 0.6 is 11.6 Å². The van der Waals surface area contributed by atoms with Crippen LogP contribution in [-0.4, -0.2) is 17.9 Å². The Morgan fingerprint density at radius 2 is 1.47 bits per heavy atom. The number of benzene rings is 2. The molecule has 2 aromatic carbocycles. The highest BCUT2D eigenvalue weighted by atomic mass is 35.5. The molecule has 2 aliphatic rings. The van der Waals surface area contributed by atoms with E-state index in [4.69, 9.17) is 11.6 Å². The molecule has 1 saturated carbocycles. The summed E-state index contributed by atoms with van der Waals surface area (Å²) in [5, 5.41) is 29.2. The molecule has 1 aliphatic carbocycles. The minimum absolute atomic E-state index is 0.0234. The van der Waals surface area contributed by atoms with Gasteiger partial charge in [-0.3, -0.25) is 9.59 Å². The first-order valence-electron chi connectivity index (χ1n) is 11.3. The van der Waals surface area contributed by atoms with Gasteiger partial charge in [-0.15, -0.1) is 0 Å². The highest BCUT2D eigenvalue weighted by Gasteiger charge is 2.37. The monoisotopic (exact) mass is 473 g/mol. The molecule has 0 bridgehead atoms. The third kappa shape index (κ3) is 4.90. The standard InChI is InChI=1S/C26H24ClN5O2/c27-18-12-10-16(11-13-18)22(17(14-28)15-29)24(30-19-6-2-1-3-7-19)23-25(33)31-20-8-4-5-9-21(20)32-26(23)34/h4-5,8-13,17,19,22,30H,1-3,6-7H2,(H,31,33)(H,32,34). The summed E-state index contributed by atoms with van der Waals surface area (Å²) in [7, 11) is 0. The zero-order valence-electron chi connectivity index (χ0n) is 18.5. The molecular weight excluding hydrogens is 450 g/mol. The summed E-state index contributed by atoms with van der Waals surface area (Å²) in [6.45, 7) is 0. The number of amides is 2. The summed E-state index contributed by atoms with van der Waals surface area (Å²) >= 11 is 6.08. The van der Waals surface area contributed by atoms with E-state index in [9.17, 15) is 20.1 Å². The number of carbonyl (C=O) groups excluding carboxylic acids is 2. The number of halogens is 1. The van der Waals surface area contributed by atoms with Crippen molar-refractivity contribution in [1.82, 2.24) is 5.32 Å². The fraction of sp³-hybridized carbons (Fsp3) is 0.308. The Hall–Kier alpha value is -3.81. The summed E-state index contributed by atoms with van der Waals surface area (Å²) in [6.07, 6.45) is 4.92. The van der Waals surface area contributed by atoms with Gasteiger partial charge in [-0.25, -0.2) is 0 Å². The summed E-state index contributed by atoms with van der Waals surface area (Å²) in [5.41, 5.74) is 1.73. The van der Waals surface area contributed by atoms with E-state index >= 15 is 0 Å². The molecule has 4 rings (SSSR count). The topological polar surface area (TPSA) is 118 Å². The smallest absolute Gasteiger partial charge is 0.263 e. The number of rotatable bonds is 5. The average Bonchev–Trinajstić information content (AvgIpc) is 2.97. The number of allylic oxidation sites excluding steroid dienone is 1. The molecule has 1 fully saturated rings. The van der Waals surface area contributed by atoms with Gasteiger partial charge in [0.25, 0.3) is 11.8 Å². The number of fused-ring (bicyclic) bond motifs is 1. The highest BCUT2D eigenvalue weighted by Crippen LogP contribution is 2.36. The molecule has 0 radical (unpaired) electrons. The molecule has 0 aromatic heterocycles. The fourth-order valence-corrected chi connectivity index (χ4v) is 4.70. The van der Waals surface area contributed by atoms with Crippen molar-refractivity contribution >= 4 is 34.8 Å². The van der Waals surface area contributed by atoms with Gasteiger partial charge in [-0.05, 0) is 42.7 Å². The summed E-state index contributed by atoms with van der Waals surface area (Å²) in [5.74, 6) is -3.16. The van der Waals surface area contributed by atoms with Gasteiger partial charge in [0, 0.05) is 16.8 Å². The summed E-state index contributed by atoms with van der Waals surface area (Å²) in [4.78, 5) is 26.8. The molecule has 1 aliphatic heterocycles. The van der Waals surface area contributed by atoms with E-state index < -0.39 is 23.7 Å². The maximum atomic E-state index is 13.4. The van der Waals surface area contributed by atoms with Crippen molar-refractivity contribution in [2.24, 2.45) is 5.92 Å². The van der Waals surface area contributed by atoms with Crippen LogP contribution in [-0.2, 0) is 9.59 Å². The van der Waals surface area contributed by atoms with Gasteiger partial charge in [-0.2, -0.15) is 10.5 Å². The second-order valence-corrected chi connectivity index (χ2v) is 8.92. The number of carbonyl (C=O) groups is 2. The molecular formula is C26H24ClN5O2. The van der Waals surface area contributed by atoms with Crippen LogP contribution < -0.4 is 16.0 Å². The largest absolute Gasteiger partial charge is 0.384 e. The predicted octanol–water partition coefficient (Wildman–Crippen LogP) is 4.85. The molecule has 1 unspecified atom stereocenters. The van der Waals surface area contributed by atoms with Crippen LogP contribution in [0.2, 0.25) is 5.02 Å². The van der Waals surface area contributed by atoms with Crippen molar-refractivity contribution in [3.8, 4) is 12.1 Å². The molecule has 0 saturated heterocycles. The van der Waals surface area contributed by atoms with Crippen LogP contribution in [0.25, 0.3) is 0 Å². The minimum Gasteiger partial charge on any atom is -0.384 e. The SMILES string of the molecule is N#CC(C#N)C(C(NC1CCCCC1)=C1C(=O)Nc2ccccc2NC1=O)c1ccc(Cl)cc1. The number of anilines is 2. The van der Waals surface area contributed by atoms with Crippen molar-refractivity contribution in [2.75, 3.05) is 10.6 Å². The van der Waals surface area contributed by atoms with E-state index in [1.807, 2.05) is 0 Å². The lowest BCUT2D eigenvalue weighted by Crippen LogP contribution is -2.38. The molecule has 1 heterocycles. The zero-order valence-corrected chi connectivity index (χ0v) is 19.2. The molecule has 34 heavy (non-hydrogen) atoms. The number of hydrogen-bond acceptors (Lipinski definition) is 5. The molecule has 172 valence electrons. The fourth-order valence-electron chi connectivity index (χ4n) is 4.58. The van der Waals surface area contributed by atoms with Crippen molar-refractivity contribution in [2.45, 2.75) is 44.1 Å². The Morgan fingerprint density at radius 3 is 2.00 bits per heavy atom. The molecule has 2 amide bonds. The predicted molar refractivity (Wildman–Crippen MR) is 130 cm³/mol. The van der Waals surface area contributed by atoms with Crippen molar-refractivity contribution in [3.63, 3.8) is 0 Å². The lowest BCUT2D eigenvalue weighted by molar-refractivity contribution is -0.118. The normalized spacial score (nSPS) is 16.9. The summed E-state index contributed by atoms with van der Waals surface area (Å²) in [6, 6.07) is 17.8. The van der Waals surface area contributed by atoms with Crippen molar-refractivity contribution in [3.05, 3.63) is 70.4 Å². The quantitative estimate of drug-likeness (QED) is 0.423. The first-order chi connectivity index (χ1) is 16.5. The van der Waals surface area contributed by atoms with E-state index in [-0.39, 0.29) is 17.3 Å². The second kappa shape index (κ2) is 10.4. The Morgan fingerprint density at radius 1 is 0.912 bits per heavy atom. The molecule has 2 aromatic rings. The third-order valence-corrected chi connectivity index (χ3v) is 6.52. The maximum absolute atomic E-state index is 13.4. The lowest BCUT2D eigenvalue weighted by Gasteiger charge is -2.31. The van der Waals surface area contributed by atoms with Gasteiger partial charge >= 0.3 is 0 Å². The number of nitrogens with one attached hydrogen (secondary N) is 3. The van der Waals surface area contributed by atoms with Gasteiger partial charge in [0.15, 0.2) is 0 Å². The van der Waals surface area contributed by atoms with Gasteiger partial charge < -0.3 is 16.0 Å². The number of hydrogen-bond donors (Lipinski definition) is 3. The average molecular weight is 474 g/mol. The first-order valence-corrected chi connectivity index (χ1v) is 11.7.